The summed E-state index contributed by atoms with van der Waals surface area (Å²) < 4.78 is 5.70. The van der Waals surface area contributed by atoms with Gasteiger partial charge in [0, 0.05) is 12.1 Å². The number of anilines is 1. The molecule has 2 aromatic rings. The highest BCUT2D eigenvalue weighted by Gasteiger charge is 2.17. The summed E-state index contributed by atoms with van der Waals surface area (Å²) in [5, 5.41) is 0.873. The maximum absolute atomic E-state index is 10.7. The number of fused-ring (bicyclic) bond motifs is 1. The highest BCUT2D eigenvalue weighted by Crippen LogP contribution is 2.28. The van der Waals surface area contributed by atoms with Crippen molar-refractivity contribution >= 4 is 22.8 Å². The molecule has 0 atom stereocenters. The van der Waals surface area contributed by atoms with E-state index in [0.717, 1.165) is 35.8 Å². The van der Waals surface area contributed by atoms with Gasteiger partial charge in [0.25, 0.3) is 0 Å². The normalized spacial score (nSPS) is 14.6. The molecule has 3 rings (SSSR count). The molecular weight excluding hydrogens is 248 g/mol. The van der Waals surface area contributed by atoms with E-state index in [4.69, 9.17) is 4.74 Å². The number of benzene rings is 1. The maximum Gasteiger partial charge on any atom is 0.186 e. The number of aldehydes is 1. The van der Waals surface area contributed by atoms with Crippen molar-refractivity contribution in [1.82, 2.24) is 4.98 Å². The van der Waals surface area contributed by atoms with E-state index in [0.29, 0.717) is 11.5 Å². The van der Waals surface area contributed by atoms with E-state index in [1.165, 1.54) is 11.3 Å². The molecule has 0 N–H and O–H groups in total. The zero-order chi connectivity index (χ0) is 12.4. The number of hydrogen-bond acceptors (Lipinski definition) is 5. The zero-order valence-corrected chi connectivity index (χ0v) is 10.5. The molecule has 0 spiro atoms. The van der Waals surface area contributed by atoms with Gasteiger partial charge in [-0.2, -0.15) is 0 Å². The maximum atomic E-state index is 10.7. The van der Waals surface area contributed by atoms with Gasteiger partial charge in [0.2, 0.25) is 0 Å². The molecule has 92 valence electrons. The van der Waals surface area contributed by atoms with Crippen LogP contribution in [0.25, 0.3) is 0 Å². The molecular formula is C13H12N2O2S. The topological polar surface area (TPSA) is 42.4 Å². The highest BCUT2D eigenvalue weighted by molar-refractivity contribution is 7.17. The molecule has 1 aliphatic rings. The van der Waals surface area contributed by atoms with E-state index < -0.39 is 0 Å². The summed E-state index contributed by atoms with van der Waals surface area (Å²) in [6, 6.07) is 8.02. The first kappa shape index (κ1) is 11.2. The predicted molar refractivity (Wildman–Crippen MR) is 70.5 cm³/mol. The Labute approximate surface area is 109 Å². The van der Waals surface area contributed by atoms with Crippen LogP contribution in [-0.2, 0) is 6.54 Å². The molecule has 0 bridgehead atoms. The lowest BCUT2D eigenvalue weighted by molar-refractivity contribution is 0.112. The average Bonchev–Trinajstić information content (AvgIpc) is 2.78. The second kappa shape index (κ2) is 4.78. The first-order valence-corrected chi connectivity index (χ1v) is 6.55. The fourth-order valence-corrected chi connectivity index (χ4v) is 2.72. The quantitative estimate of drug-likeness (QED) is 0.777. The van der Waals surface area contributed by atoms with Crippen LogP contribution in [0.15, 0.2) is 30.5 Å². The monoisotopic (exact) mass is 260 g/mol. The number of nitrogens with zero attached hydrogens (tertiary/aromatic N) is 2. The average molecular weight is 260 g/mol. The van der Waals surface area contributed by atoms with E-state index >= 15 is 0 Å². The number of aromatic nitrogens is 1. The second-order valence-electron chi connectivity index (χ2n) is 4.04. The molecule has 0 radical (unpaired) electrons. The number of ether oxygens (including phenoxy) is 1. The number of para-hydroxylation sites is 1. The van der Waals surface area contributed by atoms with Crippen molar-refractivity contribution in [2.24, 2.45) is 0 Å². The van der Waals surface area contributed by atoms with E-state index in [-0.39, 0.29) is 0 Å². The van der Waals surface area contributed by atoms with Crippen molar-refractivity contribution in [2.75, 3.05) is 18.1 Å². The molecule has 0 saturated carbocycles. The Balaban J connectivity index is 1.88. The Morgan fingerprint density at radius 3 is 3.11 bits per heavy atom. The third kappa shape index (κ3) is 2.09. The smallest absolute Gasteiger partial charge is 0.186 e. The van der Waals surface area contributed by atoms with Crippen molar-refractivity contribution in [3.63, 3.8) is 0 Å². The van der Waals surface area contributed by atoms with Gasteiger partial charge in [0.05, 0.1) is 17.6 Å². The lowest BCUT2D eigenvalue weighted by atomic mass is 10.2. The molecule has 18 heavy (non-hydrogen) atoms. The first-order chi connectivity index (χ1) is 8.86. The second-order valence-corrected chi connectivity index (χ2v) is 5.08. The minimum atomic E-state index is 0.632. The van der Waals surface area contributed by atoms with Gasteiger partial charge in [-0.1, -0.05) is 29.5 Å². The summed E-state index contributed by atoms with van der Waals surface area (Å²) >= 11 is 1.41. The van der Waals surface area contributed by atoms with E-state index in [9.17, 15) is 4.79 Å². The molecule has 0 unspecified atom stereocenters. The van der Waals surface area contributed by atoms with Crippen LogP contribution in [0.1, 0.15) is 15.2 Å². The van der Waals surface area contributed by atoms with Gasteiger partial charge in [-0.05, 0) is 6.07 Å². The van der Waals surface area contributed by atoms with Gasteiger partial charge in [-0.15, -0.1) is 0 Å². The van der Waals surface area contributed by atoms with Gasteiger partial charge < -0.3 is 9.64 Å². The van der Waals surface area contributed by atoms with E-state index in [1.807, 2.05) is 18.2 Å². The molecule has 1 aromatic carbocycles. The molecule has 5 heteroatoms. The summed E-state index contributed by atoms with van der Waals surface area (Å²) in [7, 11) is 0. The Hall–Kier alpha value is -1.88. The third-order valence-electron chi connectivity index (χ3n) is 2.85. The van der Waals surface area contributed by atoms with Crippen LogP contribution in [-0.4, -0.2) is 24.4 Å². The standard InChI is InChI=1S/C13H12N2O2S/c16-9-11-7-14-13(18-11)15-5-6-17-12-4-2-1-3-10(12)8-15/h1-4,7,9H,5-6,8H2. The van der Waals surface area contributed by atoms with Crippen LogP contribution in [0.5, 0.6) is 5.75 Å². The largest absolute Gasteiger partial charge is 0.491 e. The number of hydrogen-bond donors (Lipinski definition) is 0. The van der Waals surface area contributed by atoms with E-state index in [1.54, 1.807) is 6.20 Å². The summed E-state index contributed by atoms with van der Waals surface area (Å²) in [4.78, 5) is 17.8. The van der Waals surface area contributed by atoms with Gasteiger partial charge in [0.15, 0.2) is 11.4 Å². The minimum absolute atomic E-state index is 0.632. The molecule has 1 aliphatic heterocycles. The fraction of sp³-hybridized carbons (Fsp3) is 0.231. The lowest BCUT2D eigenvalue weighted by Crippen LogP contribution is -2.24. The summed E-state index contributed by atoms with van der Waals surface area (Å²) in [6.45, 7) is 2.18. The zero-order valence-electron chi connectivity index (χ0n) is 9.70. The molecule has 1 aromatic heterocycles. The van der Waals surface area contributed by atoms with Crippen molar-refractivity contribution < 1.29 is 9.53 Å². The van der Waals surface area contributed by atoms with Crippen molar-refractivity contribution in [3.8, 4) is 5.75 Å². The SMILES string of the molecule is O=Cc1cnc(N2CCOc3ccccc3C2)s1. The van der Waals surface area contributed by atoms with Crippen molar-refractivity contribution in [2.45, 2.75) is 6.54 Å². The van der Waals surface area contributed by atoms with Crippen LogP contribution < -0.4 is 9.64 Å². The molecule has 0 amide bonds. The fourth-order valence-electron chi connectivity index (χ4n) is 1.97. The van der Waals surface area contributed by atoms with Crippen LogP contribution in [0.2, 0.25) is 0 Å². The molecule has 2 heterocycles. The van der Waals surface area contributed by atoms with Crippen LogP contribution in [0.3, 0.4) is 0 Å². The van der Waals surface area contributed by atoms with Gasteiger partial charge in [0.1, 0.15) is 12.4 Å². The Kier molecular flexibility index (Phi) is 2.98. The molecule has 4 nitrogen and oxygen atoms in total. The summed E-state index contributed by atoms with van der Waals surface area (Å²) in [5.41, 5.74) is 1.15. The summed E-state index contributed by atoms with van der Waals surface area (Å²) in [5.74, 6) is 0.937. The first-order valence-electron chi connectivity index (χ1n) is 5.73. The number of carbonyl (C=O) groups is 1. The Morgan fingerprint density at radius 1 is 1.39 bits per heavy atom. The molecule has 0 fully saturated rings. The highest BCUT2D eigenvalue weighted by atomic mass is 32.1. The van der Waals surface area contributed by atoms with Crippen LogP contribution in [0, 0.1) is 0 Å². The number of rotatable bonds is 2. The molecule has 0 saturated heterocycles. The van der Waals surface area contributed by atoms with Gasteiger partial charge in [-0.25, -0.2) is 4.98 Å². The number of carbonyl (C=O) groups excluding carboxylic acids is 1. The summed E-state index contributed by atoms with van der Waals surface area (Å²) in [6.07, 6.45) is 2.45. The van der Waals surface area contributed by atoms with Crippen LogP contribution >= 0.6 is 11.3 Å². The van der Waals surface area contributed by atoms with Crippen molar-refractivity contribution in [3.05, 3.63) is 40.9 Å². The Bertz CT molecular complexity index is 568. The lowest BCUT2D eigenvalue weighted by Gasteiger charge is -2.18. The predicted octanol–water partition coefficient (Wildman–Crippen LogP) is 2.35. The van der Waals surface area contributed by atoms with Crippen molar-refractivity contribution in [1.29, 1.82) is 0 Å². The third-order valence-corrected chi connectivity index (χ3v) is 3.83. The minimum Gasteiger partial charge on any atom is -0.491 e. The number of thiazole rings is 1. The van der Waals surface area contributed by atoms with Crippen LogP contribution in [0.4, 0.5) is 5.13 Å². The van der Waals surface area contributed by atoms with Gasteiger partial charge in [-0.3, -0.25) is 4.79 Å². The Morgan fingerprint density at radius 2 is 2.28 bits per heavy atom. The molecule has 0 aliphatic carbocycles. The van der Waals surface area contributed by atoms with Gasteiger partial charge >= 0.3 is 0 Å². The van der Waals surface area contributed by atoms with E-state index in [2.05, 4.69) is 16.0 Å².